The quantitative estimate of drug-likeness (QED) is 0.459. The second-order valence-electron chi connectivity index (χ2n) is 6.62. The summed E-state index contributed by atoms with van der Waals surface area (Å²) in [5, 5.41) is 4.42. The Hall–Kier alpha value is -1.40. The van der Waals surface area contributed by atoms with Gasteiger partial charge in [0.2, 0.25) is 11.8 Å². The number of benzene rings is 2. The van der Waals surface area contributed by atoms with Gasteiger partial charge in [-0.1, -0.05) is 66.0 Å². The van der Waals surface area contributed by atoms with E-state index in [-0.39, 0.29) is 24.1 Å². The molecular formula is C22H25Cl3N2O2S. The number of amides is 2. The fourth-order valence-corrected chi connectivity index (χ4v) is 4.72. The number of halogens is 3. The number of rotatable bonds is 10. The lowest BCUT2D eigenvalue weighted by molar-refractivity contribution is -0.139. The molecule has 0 radical (unpaired) electrons. The summed E-state index contributed by atoms with van der Waals surface area (Å²) in [5.41, 5.74) is 1.60. The van der Waals surface area contributed by atoms with E-state index < -0.39 is 6.04 Å². The van der Waals surface area contributed by atoms with E-state index in [0.717, 1.165) is 5.56 Å². The van der Waals surface area contributed by atoms with Crippen LogP contribution >= 0.6 is 46.6 Å². The van der Waals surface area contributed by atoms with Gasteiger partial charge in [0, 0.05) is 39.5 Å². The van der Waals surface area contributed by atoms with Crippen molar-refractivity contribution in [3.63, 3.8) is 0 Å². The summed E-state index contributed by atoms with van der Waals surface area (Å²) in [5.74, 6) is 0.474. The zero-order valence-electron chi connectivity index (χ0n) is 17.0. The van der Waals surface area contributed by atoms with E-state index in [9.17, 15) is 9.59 Å². The first-order valence-electron chi connectivity index (χ1n) is 9.70. The van der Waals surface area contributed by atoms with E-state index in [1.807, 2.05) is 38.1 Å². The summed E-state index contributed by atoms with van der Waals surface area (Å²) in [4.78, 5) is 27.4. The minimum absolute atomic E-state index is 0.152. The number of carbonyl (C=O) groups is 2. The SMILES string of the molecule is CCNC(=O)[C@@H](CC)N(Cc1c(Cl)cccc1Cl)C(=O)CSCc1ccccc1Cl. The first-order valence-corrected chi connectivity index (χ1v) is 12.0. The Labute approximate surface area is 197 Å². The highest BCUT2D eigenvalue weighted by molar-refractivity contribution is 7.99. The molecule has 0 bridgehead atoms. The largest absolute Gasteiger partial charge is 0.355 e. The maximum atomic E-state index is 13.2. The van der Waals surface area contributed by atoms with Gasteiger partial charge in [-0.2, -0.15) is 0 Å². The number of carbonyl (C=O) groups excluding carboxylic acids is 2. The number of hydrogen-bond donors (Lipinski definition) is 1. The molecule has 0 saturated heterocycles. The zero-order valence-corrected chi connectivity index (χ0v) is 20.0. The van der Waals surface area contributed by atoms with Crippen LogP contribution in [-0.4, -0.2) is 35.1 Å². The summed E-state index contributed by atoms with van der Waals surface area (Å²) in [6.45, 7) is 4.39. The molecule has 0 unspecified atom stereocenters. The van der Waals surface area contributed by atoms with Crippen LogP contribution in [0.4, 0.5) is 0 Å². The number of likely N-dealkylation sites (N-methyl/N-ethyl adjacent to an activating group) is 1. The van der Waals surface area contributed by atoms with Crippen molar-refractivity contribution in [1.82, 2.24) is 10.2 Å². The third-order valence-corrected chi connectivity index (χ3v) is 6.61. The molecule has 2 rings (SSSR count). The number of nitrogens with zero attached hydrogens (tertiary/aromatic N) is 1. The third kappa shape index (κ3) is 6.81. The van der Waals surface area contributed by atoms with Crippen molar-refractivity contribution >= 4 is 58.4 Å². The molecule has 8 heteroatoms. The highest BCUT2D eigenvalue weighted by Gasteiger charge is 2.29. The lowest BCUT2D eigenvalue weighted by Crippen LogP contribution is -2.49. The fourth-order valence-electron chi connectivity index (χ4n) is 3.01. The van der Waals surface area contributed by atoms with Crippen molar-refractivity contribution in [3.05, 3.63) is 68.7 Å². The van der Waals surface area contributed by atoms with Crippen LogP contribution in [0.1, 0.15) is 31.4 Å². The monoisotopic (exact) mass is 486 g/mol. The average molecular weight is 488 g/mol. The van der Waals surface area contributed by atoms with Crippen molar-refractivity contribution in [1.29, 1.82) is 0 Å². The second-order valence-corrected chi connectivity index (χ2v) is 8.83. The van der Waals surface area contributed by atoms with Crippen LogP contribution in [0.25, 0.3) is 0 Å². The fraction of sp³-hybridized carbons (Fsp3) is 0.364. The van der Waals surface area contributed by atoms with E-state index in [1.165, 1.54) is 11.8 Å². The Kier molecular flexibility index (Phi) is 10.3. The third-order valence-electron chi connectivity index (χ3n) is 4.57. The molecule has 0 aliphatic carbocycles. The van der Waals surface area contributed by atoms with Gasteiger partial charge in [0.05, 0.1) is 5.75 Å². The number of thioether (sulfide) groups is 1. The first kappa shape index (κ1) is 24.9. The zero-order chi connectivity index (χ0) is 22.1. The second kappa shape index (κ2) is 12.5. The Morgan fingerprint density at radius 2 is 1.63 bits per heavy atom. The van der Waals surface area contributed by atoms with Gasteiger partial charge < -0.3 is 10.2 Å². The predicted octanol–water partition coefficient (Wildman–Crippen LogP) is 5.82. The number of nitrogens with one attached hydrogen (secondary N) is 1. The molecule has 4 nitrogen and oxygen atoms in total. The van der Waals surface area contributed by atoms with E-state index >= 15 is 0 Å². The van der Waals surface area contributed by atoms with Crippen molar-refractivity contribution < 1.29 is 9.59 Å². The van der Waals surface area contributed by atoms with Crippen molar-refractivity contribution in [2.75, 3.05) is 12.3 Å². The molecule has 30 heavy (non-hydrogen) atoms. The molecule has 0 saturated carbocycles. The Bertz CT molecular complexity index is 859. The molecule has 0 aliphatic heterocycles. The summed E-state index contributed by atoms with van der Waals surface area (Å²) < 4.78 is 0. The van der Waals surface area contributed by atoms with Crippen LogP contribution in [-0.2, 0) is 21.9 Å². The minimum Gasteiger partial charge on any atom is -0.355 e. The maximum absolute atomic E-state index is 13.2. The highest BCUT2D eigenvalue weighted by atomic mass is 35.5. The summed E-state index contributed by atoms with van der Waals surface area (Å²) in [6, 6.07) is 12.1. The van der Waals surface area contributed by atoms with Crippen LogP contribution in [0, 0.1) is 0 Å². The van der Waals surface area contributed by atoms with Gasteiger partial charge in [-0.25, -0.2) is 0 Å². The Balaban J connectivity index is 2.19. The molecular weight excluding hydrogens is 463 g/mol. The Morgan fingerprint density at radius 3 is 2.23 bits per heavy atom. The maximum Gasteiger partial charge on any atom is 0.242 e. The minimum atomic E-state index is -0.606. The topological polar surface area (TPSA) is 49.4 Å². The highest BCUT2D eigenvalue weighted by Crippen LogP contribution is 2.28. The summed E-state index contributed by atoms with van der Waals surface area (Å²) in [7, 11) is 0. The molecule has 2 aromatic rings. The summed E-state index contributed by atoms with van der Waals surface area (Å²) in [6.07, 6.45) is 0.481. The molecule has 1 N–H and O–H groups in total. The summed E-state index contributed by atoms with van der Waals surface area (Å²) >= 11 is 20.3. The van der Waals surface area contributed by atoms with E-state index in [2.05, 4.69) is 5.32 Å². The van der Waals surface area contributed by atoms with Gasteiger partial charge >= 0.3 is 0 Å². The van der Waals surface area contributed by atoms with Gasteiger partial charge in [-0.15, -0.1) is 11.8 Å². The van der Waals surface area contributed by atoms with Crippen LogP contribution in [0.5, 0.6) is 0 Å². The first-order chi connectivity index (χ1) is 14.4. The van der Waals surface area contributed by atoms with Crippen LogP contribution in [0.15, 0.2) is 42.5 Å². The van der Waals surface area contributed by atoms with Gasteiger partial charge in [0.15, 0.2) is 0 Å². The van der Waals surface area contributed by atoms with E-state index in [1.54, 1.807) is 23.1 Å². The molecule has 162 valence electrons. The molecule has 0 aliphatic rings. The molecule has 0 spiro atoms. The van der Waals surface area contributed by atoms with Crippen molar-refractivity contribution in [3.8, 4) is 0 Å². The lowest BCUT2D eigenvalue weighted by atomic mass is 10.1. The molecule has 0 heterocycles. The predicted molar refractivity (Wildman–Crippen MR) is 127 cm³/mol. The molecule has 1 atom stereocenters. The average Bonchev–Trinajstić information content (AvgIpc) is 2.71. The van der Waals surface area contributed by atoms with Crippen molar-refractivity contribution in [2.24, 2.45) is 0 Å². The number of hydrogen-bond acceptors (Lipinski definition) is 3. The smallest absolute Gasteiger partial charge is 0.242 e. The lowest BCUT2D eigenvalue weighted by Gasteiger charge is -2.31. The van der Waals surface area contributed by atoms with Crippen molar-refractivity contribution in [2.45, 2.75) is 38.6 Å². The van der Waals surface area contributed by atoms with E-state index in [4.69, 9.17) is 34.8 Å². The molecule has 2 amide bonds. The van der Waals surface area contributed by atoms with Gasteiger partial charge in [0.1, 0.15) is 6.04 Å². The molecule has 0 fully saturated rings. The van der Waals surface area contributed by atoms with Gasteiger partial charge in [-0.3, -0.25) is 9.59 Å². The van der Waals surface area contributed by atoms with Crippen LogP contribution < -0.4 is 5.32 Å². The van der Waals surface area contributed by atoms with Gasteiger partial charge in [0.25, 0.3) is 0 Å². The standard InChI is InChI=1S/C22H25Cl3N2O2S/c1-3-20(22(29)26-4-2)27(12-16-18(24)10-7-11-19(16)25)21(28)14-30-13-15-8-5-6-9-17(15)23/h5-11,20H,3-4,12-14H2,1-2H3,(H,26,29)/t20-/m1/s1. The Morgan fingerprint density at radius 1 is 1.00 bits per heavy atom. The normalized spacial score (nSPS) is 11.8. The van der Waals surface area contributed by atoms with Crippen LogP contribution in [0.2, 0.25) is 15.1 Å². The van der Waals surface area contributed by atoms with Gasteiger partial charge in [-0.05, 0) is 37.1 Å². The molecule has 2 aromatic carbocycles. The van der Waals surface area contributed by atoms with Crippen LogP contribution in [0.3, 0.4) is 0 Å². The van der Waals surface area contributed by atoms with E-state index in [0.29, 0.717) is 39.3 Å². The molecule has 0 aromatic heterocycles.